The van der Waals surface area contributed by atoms with Gasteiger partial charge in [-0.15, -0.1) is 0 Å². The van der Waals surface area contributed by atoms with Crippen LogP contribution in [0.15, 0.2) is 30.3 Å². The fraction of sp³-hybridized carbons (Fsp3) is 0.409. The van der Waals surface area contributed by atoms with Gasteiger partial charge < -0.3 is 20.1 Å². The van der Waals surface area contributed by atoms with Crippen LogP contribution < -0.4 is 20.1 Å². The molecule has 0 saturated heterocycles. The number of nitrogens with zero attached hydrogens (tertiary/aromatic N) is 1. The molecule has 1 aromatic carbocycles. The molecule has 0 aliphatic carbocycles. The lowest BCUT2D eigenvalue weighted by Crippen LogP contribution is -2.16. The number of allylic oxidation sites excluding steroid dienone is 2. The van der Waals surface area contributed by atoms with Gasteiger partial charge in [-0.25, -0.2) is 4.98 Å². The highest BCUT2D eigenvalue weighted by Crippen LogP contribution is 2.41. The minimum absolute atomic E-state index is 0.568. The van der Waals surface area contributed by atoms with E-state index in [1.165, 1.54) is 5.57 Å². The van der Waals surface area contributed by atoms with Gasteiger partial charge in [0.15, 0.2) is 11.5 Å². The van der Waals surface area contributed by atoms with Gasteiger partial charge in [-0.05, 0) is 38.0 Å². The van der Waals surface area contributed by atoms with E-state index in [1.807, 2.05) is 46.0 Å². The molecular formula is C22H31N3O2. The van der Waals surface area contributed by atoms with Gasteiger partial charge in [0, 0.05) is 41.8 Å². The Bertz CT molecular complexity index is 800. The van der Waals surface area contributed by atoms with Crippen LogP contribution in [0, 0.1) is 6.92 Å². The average molecular weight is 370 g/mol. The monoisotopic (exact) mass is 369 g/mol. The third-order valence-electron chi connectivity index (χ3n) is 4.09. The number of fused-ring (bicyclic) bond motifs is 1. The molecule has 0 fully saturated rings. The van der Waals surface area contributed by atoms with Crippen LogP contribution in [0.2, 0.25) is 0 Å². The summed E-state index contributed by atoms with van der Waals surface area (Å²) < 4.78 is 11.7. The Labute approximate surface area is 162 Å². The van der Waals surface area contributed by atoms with E-state index in [2.05, 4.69) is 41.6 Å². The van der Waals surface area contributed by atoms with Crippen LogP contribution in [0.4, 0.5) is 17.2 Å². The maximum Gasteiger partial charge on any atom is 0.168 e. The van der Waals surface area contributed by atoms with Gasteiger partial charge in [0.2, 0.25) is 0 Å². The second-order valence-corrected chi connectivity index (χ2v) is 6.10. The minimum Gasteiger partial charge on any atom is -0.486 e. The summed E-state index contributed by atoms with van der Waals surface area (Å²) in [6.45, 7) is 11.4. The topological polar surface area (TPSA) is 55.4 Å². The van der Waals surface area contributed by atoms with Crippen molar-refractivity contribution in [1.29, 1.82) is 0 Å². The summed E-state index contributed by atoms with van der Waals surface area (Å²) in [4.78, 5) is 4.56. The van der Waals surface area contributed by atoms with Crippen LogP contribution >= 0.6 is 0 Å². The number of ether oxygens (including phenoxy) is 2. The second kappa shape index (κ2) is 9.86. The fourth-order valence-electron chi connectivity index (χ4n) is 2.96. The third-order valence-corrected chi connectivity index (χ3v) is 4.09. The third kappa shape index (κ3) is 5.16. The molecule has 0 spiro atoms. The lowest BCUT2D eigenvalue weighted by atomic mass is 10.0. The van der Waals surface area contributed by atoms with Crippen molar-refractivity contribution in [3.63, 3.8) is 0 Å². The average Bonchev–Trinajstić information content (AvgIpc) is 2.68. The molecule has 0 amide bonds. The maximum atomic E-state index is 5.86. The summed E-state index contributed by atoms with van der Waals surface area (Å²) in [5.41, 5.74) is 5.15. The molecule has 0 unspecified atom stereocenters. The van der Waals surface area contributed by atoms with Crippen molar-refractivity contribution in [2.24, 2.45) is 0 Å². The number of aromatic nitrogens is 1. The Balaban J connectivity index is 0.00000126. The lowest BCUT2D eigenvalue weighted by Gasteiger charge is -2.23. The predicted octanol–water partition coefficient (Wildman–Crippen LogP) is 5.79. The van der Waals surface area contributed by atoms with Crippen molar-refractivity contribution in [2.75, 3.05) is 30.9 Å². The molecule has 0 atom stereocenters. The van der Waals surface area contributed by atoms with Crippen LogP contribution in [0.25, 0.3) is 5.57 Å². The smallest absolute Gasteiger partial charge is 0.168 e. The number of pyridine rings is 1. The first-order valence-corrected chi connectivity index (χ1v) is 9.65. The van der Waals surface area contributed by atoms with E-state index >= 15 is 0 Å². The molecule has 0 bridgehead atoms. The molecule has 2 aromatic rings. The van der Waals surface area contributed by atoms with Gasteiger partial charge >= 0.3 is 0 Å². The molecule has 0 saturated carbocycles. The molecule has 1 aliphatic heterocycles. The van der Waals surface area contributed by atoms with E-state index < -0.39 is 0 Å². The molecule has 27 heavy (non-hydrogen) atoms. The van der Waals surface area contributed by atoms with Gasteiger partial charge in [0.1, 0.15) is 19.0 Å². The van der Waals surface area contributed by atoms with Crippen molar-refractivity contribution >= 4 is 22.8 Å². The van der Waals surface area contributed by atoms with Crippen LogP contribution in [0.3, 0.4) is 0 Å². The Morgan fingerprint density at radius 1 is 1.11 bits per heavy atom. The number of anilines is 3. The molecule has 2 heterocycles. The summed E-state index contributed by atoms with van der Waals surface area (Å²) in [5, 5.41) is 6.55. The van der Waals surface area contributed by atoms with E-state index in [-0.39, 0.29) is 0 Å². The number of aryl methyl sites for hydroxylation is 1. The largest absolute Gasteiger partial charge is 0.486 e. The van der Waals surface area contributed by atoms with E-state index in [1.54, 1.807) is 0 Å². The minimum atomic E-state index is 0.568. The Morgan fingerprint density at radius 3 is 2.56 bits per heavy atom. The Morgan fingerprint density at radius 2 is 1.85 bits per heavy atom. The SMILES string of the molecule is CC.CC/C=C(\C)c1cc(Nc2cc(NC)cc(C)n2)cc2c1OCCO2. The van der Waals surface area contributed by atoms with Crippen molar-refractivity contribution in [2.45, 2.75) is 41.0 Å². The van der Waals surface area contributed by atoms with Gasteiger partial charge in [-0.2, -0.15) is 0 Å². The first kappa shape index (κ1) is 20.6. The summed E-state index contributed by atoms with van der Waals surface area (Å²) in [7, 11) is 1.90. The molecular weight excluding hydrogens is 338 g/mol. The van der Waals surface area contributed by atoms with Crippen molar-refractivity contribution in [3.8, 4) is 11.5 Å². The van der Waals surface area contributed by atoms with Crippen molar-refractivity contribution < 1.29 is 9.47 Å². The normalized spacial score (nSPS) is 12.7. The highest BCUT2D eigenvalue weighted by atomic mass is 16.6. The Hall–Kier alpha value is -2.69. The van der Waals surface area contributed by atoms with Gasteiger partial charge in [0.25, 0.3) is 0 Å². The summed E-state index contributed by atoms with van der Waals surface area (Å²) in [5.74, 6) is 2.40. The summed E-state index contributed by atoms with van der Waals surface area (Å²) >= 11 is 0. The standard InChI is InChI=1S/C20H25N3O2.C2H6/c1-5-6-13(2)17-10-16(11-18-20(17)25-8-7-24-18)23-19-12-15(21-4)9-14(3)22-19;1-2/h6,9-12H,5,7-8H2,1-4H3,(H2,21,22,23);1-2H3/b13-6+;. The molecule has 0 radical (unpaired) electrons. The predicted molar refractivity (Wildman–Crippen MR) is 115 cm³/mol. The molecule has 1 aliphatic rings. The highest BCUT2D eigenvalue weighted by Gasteiger charge is 2.19. The number of rotatable bonds is 5. The molecule has 2 N–H and O–H groups in total. The van der Waals surface area contributed by atoms with Gasteiger partial charge in [-0.3, -0.25) is 0 Å². The summed E-state index contributed by atoms with van der Waals surface area (Å²) in [6.07, 6.45) is 3.17. The van der Waals surface area contributed by atoms with Crippen molar-refractivity contribution in [1.82, 2.24) is 4.98 Å². The highest BCUT2D eigenvalue weighted by molar-refractivity contribution is 5.77. The quantitative estimate of drug-likeness (QED) is 0.699. The molecule has 5 heteroatoms. The zero-order chi connectivity index (χ0) is 19.8. The first-order chi connectivity index (χ1) is 13.1. The van der Waals surface area contributed by atoms with Crippen LogP contribution in [-0.4, -0.2) is 25.2 Å². The van der Waals surface area contributed by atoms with E-state index in [0.29, 0.717) is 13.2 Å². The van der Waals surface area contributed by atoms with E-state index in [4.69, 9.17) is 9.47 Å². The van der Waals surface area contributed by atoms with E-state index in [9.17, 15) is 0 Å². The fourth-order valence-corrected chi connectivity index (χ4v) is 2.96. The number of hydrogen-bond donors (Lipinski definition) is 2. The molecule has 1 aromatic heterocycles. The van der Waals surface area contributed by atoms with E-state index in [0.717, 1.165) is 46.4 Å². The molecule has 5 nitrogen and oxygen atoms in total. The van der Waals surface area contributed by atoms with Crippen LogP contribution in [-0.2, 0) is 0 Å². The maximum absolute atomic E-state index is 5.86. The number of benzene rings is 1. The van der Waals surface area contributed by atoms with Crippen LogP contribution in [0.1, 0.15) is 45.4 Å². The first-order valence-electron chi connectivity index (χ1n) is 9.65. The second-order valence-electron chi connectivity index (χ2n) is 6.10. The number of hydrogen-bond acceptors (Lipinski definition) is 5. The Kier molecular flexibility index (Phi) is 7.53. The zero-order valence-electron chi connectivity index (χ0n) is 17.3. The zero-order valence-corrected chi connectivity index (χ0v) is 17.3. The molecule has 146 valence electrons. The van der Waals surface area contributed by atoms with Crippen molar-refractivity contribution in [3.05, 3.63) is 41.6 Å². The molecule has 3 rings (SSSR count). The van der Waals surface area contributed by atoms with Gasteiger partial charge in [-0.1, -0.05) is 26.8 Å². The summed E-state index contributed by atoms with van der Waals surface area (Å²) in [6, 6.07) is 8.06. The number of nitrogens with one attached hydrogen (secondary N) is 2. The van der Waals surface area contributed by atoms with Gasteiger partial charge in [0.05, 0.1) is 0 Å². The lowest BCUT2D eigenvalue weighted by molar-refractivity contribution is 0.171. The van der Waals surface area contributed by atoms with Crippen LogP contribution in [0.5, 0.6) is 11.5 Å².